The minimum Gasteiger partial charge on any atom is -0.478 e. The number of nitrogens with zero attached hydrogens (tertiary/aromatic N) is 5. The Morgan fingerprint density at radius 1 is 0.967 bits per heavy atom. The van der Waals surface area contributed by atoms with Crippen LogP contribution >= 0.6 is 0 Å². The molecule has 0 saturated carbocycles. The van der Waals surface area contributed by atoms with Gasteiger partial charge in [0, 0.05) is 47.9 Å². The van der Waals surface area contributed by atoms with Gasteiger partial charge in [0.15, 0.2) is 0 Å². The molecule has 0 aliphatic carbocycles. The summed E-state index contributed by atoms with van der Waals surface area (Å²) in [6.07, 6.45) is 7.23. The molecule has 0 aliphatic rings. The molecule has 0 fully saturated rings. The SMILES string of the molecule is CCOc1ccc(-n2c(=O)ccc3cnc4ccc(-c5cnn(C)c5)cc4c32)cn1. The molecular formula is C23H19N5O2. The van der Waals surface area contributed by atoms with Crippen LogP contribution in [0, 0.1) is 0 Å². The molecule has 0 bridgehead atoms. The second-order valence-electron chi connectivity index (χ2n) is 6.99. The molecule has 0 radical (unpaired) electrons. The summed E-state index contributed by atoms with van der Waals surface area (Å²) < 4.78 is 8.88. The molecule has 0 atom stereocenters. The first kappa shape index (κ1) is 18.1. The predicted octanol–water partition coefficient (Wildman–Crippen LogP) is 3.73. The molecule has 30 heavy (non-hydrogen) atoms. The first-order valence-electron chi connectivity index (χ1n) is 9.67. The summed E-state index contributed by atoms with van der Waals surface area (Å²) in [7, 11) is 1.89. The van der Waals surface area contributed by atoms with Crippen molar-refractivity contribution in [2.45, 2.75) is 6.92 Å². The third-order valence-corrected chi connectivity index (χ3v) is 5.03. The Hall–Kier alpha value is -4.00. The smallest absolute Gasteiger partial charge is 0.255 e. The number of rotatable bonds is 4. The van der Waals surface area contributed by atoms with Crippen molar-refractivity contribution in [3.63, 3.8) is 0 Å². The molecule has 0 unspecified atom stereocenters. The van der Waals surface area contributed by atoms with Crippen molar-refractivity contribution in [3.05, 3.63) is 77.6 Å². The van der Waals surface area contributed by atoms with Gasteiger partial charge in [-0.3, -0.25) is 19.0 Å². The van der Waals surface area contributed by atoms with Crippen molar-refractivity contribution in [2.75, 3.05) is 6.61 Å². The predicted molar refractivity (Wildman–Crippen MR) is 116 cm³/mol. The van der Waals surface area contributed by atoms with Gasteiger partial charge in [0.1, 0.15) is 0 Å². The number of benzene rings is 1. The van der Waals surface area contributed by atoms with Crippen LogP contribution < -0.4 is 10.3 Å². The fraction of sp³-hybridized carbons (Fsp3) is 0.130. The Bertz CT molecular complexity index is 1430. The maximum atomic E-state index is 12.9. The average Bonchev–Trinajstić information content (AvgIpc) is 3.20. The van der Waals surface area contributed by atoms with E-state index in [9.17, 15) is 4.79 Å². The second-order valence-corrected chi connectivity index (χ2v) is 6.99. The van der Waals surface area contributed by atoms with Crippen LogP contribution in [0.1, 0.15) is 6.92 Å². The summed E-state index contributed by atoms with van der Waals surface area (Å²) >= 11 is 0. The summed E-state index contributed by atoms with van der Waals surface area (Å²) in [4.78, 5) is 21.8. The number of hydrogen-bond acceptors (Lipinski definition) is 5. The van der Waals surface area contributed by atoms with E-state index in [2.05, 4.69) is 21.1 Å². The third kappa shape index (κ3) is 3.00. The second kappa shape index (κ2) is 7.11. The minimum atomic E-state index is -0.132. The summed E-state index contributed by atoms with van der Waals surface area (Å²) in [5.41, 5.74) is 4.17. The lowest BCUT2D eigenvalue weighted by atomic mass is 10.0. The Morgan fingerprint density at radius 3 is 2.60 bits per heavy atom. The summed E-state index contributed by atoms with van der Waals surface area (Å²) in [6, 6.07) is 13.0. The van der Waals surface area contributed by atoms with E-state index in [-0.39, 0.29) is 5.56 Å². The highest BCUT2D eigenvalue weighted by Gasteiger charge is 2.12. The van der Waals surface area contributed by atoms with E-state index in [0.717, 1.165) is 32.9 Å². The largest absolute Gasteiger partial charge is 0.478 e. The van der Waals surface area contributed by atoms with Gasteiger partial charge >= 0.3 is 0 Å². The molecule has 4 aromatic heterocycles. The topological polar surface area (TPSA) is 74.8 Å². The molecule has 5 aromatic rings. The standard InChI is InChI=1S/C23H19N5O2/c1-3-30-21-8-6-18(13-25-21)28-22(29)9-5-16-11-24-20-7-4-15(10-19(20)23(16)28)17-12-26-27(2)14-17/h4-14H,3H2,1-2H3. The van der Waals surface area contributed by atoms with Crippen LogP contribution in [0.5, 0.6) is 5.88 Å². The van der Waals surface area contributed by atoms with E-state index < -0.39 is 0 Å². The van der Waals surface area contributed by atoms with Crippen LogP contribution in [-0.4, -0.2) is 30.9 Å². The van der Waals surface area contributed by atoms with Gasteiger partial charge in [-0.25, -0.2) is 4.98 Å². The normalized spacial score (nSPS) is 11.3. The Balaban J connectivity index is 1.80. The van der Waals surface area contributed by atoms with Gasteiger partial charge in [0.05, 0.1) is 35.7 Å². The van der Waals surface area contributed by atoms with Crippen LogP contribution in [0.3, 0.4) is 0 Å². The molecule has 4 heterocycles. The molecule has 1 aromatic carbocycles. The maximum absolute atomic E-state index is 12.9. The molecule has 0 N–H and O–H groups in total. The number of aryl methyl sites for hydroxylation is 1. The van der Waals surface area contributed by atoms with Gasteiger partial charge in [0.25, 0.3) is 5.56 Å². The van der Waals surface area contributed by atoms with Crippen LogP contribution in [0.25, 0.3) is 38.6 Å². The molecule has 7 heteroatoms. The zero-order valence-corrected chi connectivity index (χ0v) is 16.6. The van der Waals surface area contributed by atoms with Crippen molar-refractivity contribution in [2.24, 2.45) is 7.05 Å². The quantitative estimate of drug-likeness (QED) is 0.432. The Morgan fingerprint density at radius 2 is 1.87 bits per heavy atom. The molecule has 0 aliphatic heterocycles. The van der Waals surface area contributed by atoms with Crippen LogP contribution in [0.2, 0.25) is 0 Å². The van der Waals surface area contributed by atoms with Crippen LogP contribution in [-0.2, 0) is 7.05 Å². The van der Waals surface area contributed by atoms with Crippen molar-refractivity contribution in [1.82, 2.24) is 24.3 Å². The lowest BCUT2D eigenvalue weighted by molar-refractivity contribution is 0.327. The van der Waals surface area contributed by atoms with Gasteiger partial charge in [-0.15, -0.1) is 0 Å². The van der Waals surface area contributed by atoms with Gasteiger partial charge in [-0.2, -0.15) is 5.10 Å². The van der Waals surface area contributed by atoms with Gasteiger partial charge in [-0.1, -0.05) is 6.07 Å². The highest BCUT2D eigenvalue weighted by atomic mass is 16.5. The van der Waals surface area contributed by atoms with E-state index in [1.54, 1.807) is 39.8 Å². The molecule has 148 valence electrons. The first-order valence-corrected chi connectivity index (χ1v) is 9.67. The summed E-state index contributed by atoms with van der Waals surface area (Å²) in [5.74, 6) is 0.528. The fourth-order valence-electron chi connectivity index (χ4n) is 3.66. The summed E-state index contributed by atoms with van der Waals surface area (Å²) in [6.45, 7) is 2.44. The number of hydrogen-bond donors (Lipinski definition) is 0. The maximum Gasteiger partial charge on any atom is 0.255 e. The van der Waals surface area contributed by atoms with Crippen molar-refractivity contribution in [1.29, 1.82) is 0 Å². The third-order valence-electron chi connectivity index (χ3n) is 5.03. The Labute approximate surface area is 172 Å². The molecule has 5 rings (SSSR count). The highest BCUT2D eigenvalue weighted by molar-refractivity contribution is 6.05. The number of ether oxygens (including phenoxy) is 1. The number of fused-ring (bicyclic) bond motifs is 3. The van der Waals surface area contributed by atoms with Crippen LogP contribution in [0.4, 0.5) is 0 Å². The van der Waals surface area contributed by atoms with Crippen molar-refractivity contribution >= 4 is 21.8 Å². The van der Waals surface area contributed by atoms with E-state index in [1.807, 2.05) is 44.6 Å². The lowest BCUT2D eigenvalue weighted by Crippen LogP contribution is -2.18. The van der Waals surface area contributed by atoms with Gasteiger partial charge in [0.2, 0.25) is 5.88 Å². The van der Waals surface area contributed by atoms with E-state index in [0.29, 0.717) is 18.2 Å². The minimum absolute atomic E-state index is 0.132. The molecular weight excluding hydrogens is 378 g/mol. The molecule has 7 nitrogen and oxygen atoms in total. The highest BCUT2D eigenvalue weighted by Crippen LogP contribution is 2.29. The lowest BCUT2D eigenvalue weighted by Gasteiger charge is -2.13. The fourth-order valence-corrected chi connectivity index (χ4v) is 3.66. The number of pyridine rings is 3. The number of aromatic nitrogens is 5. The molecule has 0 amide bonds. The molecule has 0 saturated heterocycles. The van der Waals surface area contributed by atoms with Crippen LogP contribution in [0.15, 0.2) is 72.0 Å². The molecule has 0 spiro atoms. The summed E-state index contributed by atoms with van der Waals surface area (Å²) in [5, 5.41) is 6.03. The van der Waals surface area contributed by atoms with Crippen molar-refractivity contribution in [3.8, 4) is 22.7 Å². The van der Waals surface area contributed by atoms with E-state index >= 15 is 0 Å². The monoisotopic (exact) mass is 397 g/mol. The van der Waals surface area contributed by atoms with E-state index in [1.165, 1.54) is 0 Å². The first-order chi connectivity index (χ1) is 14.6. The van der Waals surface area contributed by atoms with E-state index in [4.69, 9.17) is 4.74 Å². The van der Waals surface area contributed by atoms with Gasteiger partial charge < -0.3 is 4.74 Å². The zero-order valence-electron chi connectivity index (χ0n) is 16.6. The zero-order chi connectivity index (χ0) is 20.7. The Kier molecular flexibility index (Phi) is 4.28. The average molecular weight is 397 g/mol. The van der Waals surface area contributed by atoms with Gasteiger partial charge in [-0.05, 0) is 36.8 Å². The van der Waals surface area contributed by atoms with Crippen molar-refractivity contribution < 1.29 is 4.74 Å².